The van der Waals surface area contributed by atoms with Crippen LogP contribution in [-0.2, 0) is 4.79 Å². The topological polar surface area (TPSA) is 79.5 Å². The van der Waals surface area contributed by atoms with E-state index in [1.54, 1.807) is 0 Å². The molecule has 2 aromatic carbocycles. The van der Waals surface area contributed by atoms with Crippen LogP contribution in [0.1, 0.15) is 0 Å². The maximum Gasteiger partial charge on any atom is 0.315 e. The fourth-order valence-electron chi connectivity index (χ4n) is 1.91. The Hall–Kier alpha value is -3.23. The van der Waals surface area contributed by atoms with Crippen molar-refractivity contribution in [2.45, 2.75) is 0 Å². The van der Waals surface area contributed by atoms with Gasteiger partial charge < -0.3 is 20.7 Å². The summed E-state index contributed by atoms with van der Waals surface area (Å²) in [4.78, 5) is 23.2. The van der Waals surface area contributed by atoms with E-state index >= 15 is 0 Å². The molecular formula is C17H16F3N3O3. The number of nitrogens with one attached hydrogen (secondary N) is 3. The van der Waals surface area contributed by atoms with Crippen LogP contribution in [0.25, 0.3) is 0 Å². The number of hydrogen-bond acceptors (Lipinski definition) is 3. The summed E-state index contributed by atoms with van der Waals surface area (Å²) in [5, 5.41) is 7.12. The quantitative estimate of drug-likeness (QED) is 0.658. The third-order valence-corrected chi connectivity index (χ3v) is 3.06. The van der Waals surface area contributed by atoms with Crippen molar-refractivity contribution in [1.82, 2.24) is 10.6 Å². The Labute approximate surface area is 147 Å². The number of carbonyl (C=O) groups is 2. The molecule has 0 aliphatic rings. The fraction of sp³-hybridized carbons (Fsp3) is 0.176. The van der Waals surface area contributed by atoms with E-state index in [1.165, 1.54) is 18.2 Å². The third kappa shape index (κ3) is 6.34. The lowest BCUT2D eigenvalue weighted by molar-refractivity contribution is -0.115. The summed E-state index contributed by atoms with van der Waals surface area (Å²) in [6, 6.07) is 7.57. The maximum atomic E-state index is 13.3. The van der Waals surface area contributed by atoms with E-state index in [4.69, 9.17) is 4.74 Å². The van der Waals surface area contributed by atoms with E-state index < -0.39 is 29.4 Å². The van der Waals surface area contributed by atoms with Gasteiger partial charge >= 0.3 is 6.03 Å². The van der Waals surface area contributed by atoms with E-state index in [-0.39, 0.29) is 31.1 Å². The van der Waals surface area contributed by atoms with Gasteiger partial charge in [-0.25, -0.2) is 18.0 Å². The Morgan fingerprint density at radius 1 is 0.962 bits per heavy atom. The minimum absolute atomic E-state index is 0.0359. The molecule has 0 fully saturated rings. The highest BCUT2D eigenvalue weighted by molar-refractivity contribution is 5.94. The summed E-state index contributed by atoms with van der Waals surface area (Å²) < 4.78 is 44.1. The van der Waals surface area contributed by atoms with E-state index in [1.807, 2.05) is 0 Å². The molecule has 0 radical (unpaired) electrons. The first kappa shape index (κ1) is 19.1. The Morgan fingerprint density at radius 2 is 1.73 bits per heavy atom. The van der Waals surface area contributed by atoms with Crippen molar-refractivity contribution in [3.8, 4) is 5.75 Å². The number of amides is 3. The summed E-state index contributed by atoms with van der Waals surface area (Å²) >= 11 is 0. The molecule has 0 bridgehead atoms. The first-order valence-electron chi connectivity index (χ1n) is 7.59. The maximum absolute atomic E-state index is 13.3. The van der Waals surface area contributed by atoms with Crippen molar-refractivity contribution in [3.05, 3.63) is 59.9 Å². The zero-order valence-electron chi connectivity index (χ0n) is 13.5. The lowest BCUT2D eigenvalue weighted by Crippen LogP contribution is -2.41. The van der Waals surface area contributed by atoms with Crippen molar-refractivity contribution < 1.29 is 27.5 Å². The first-order chi connectivity index (χ1) is 12.4. The van der Waals surface area contributed by atoms with E-state index in [9.17, 15) is 22.8 Å². The van der Waals surface area contributed by atoms with Crippen LogP contribution in [0.15, 0.2) is 42.5 Å². The van der Waals surface area contributed by atoms with Gasteiger partial charge in [-0.1, -0.05) is 6.07 Å². The van der Waals surface area contributed by atoms with Crippen LogP contribution in [0.5, 0.6) is 5.75 Å². The van der Waals surface area contributed by atoms with Crippen LogP contribution < -0.4 is 20.7 Å². The summed E-state index contributed by atoms with van der Waals surface area (Å²) in [5.41, 5.74) is 0.270. The molecule has 3 amide bonds. The molecule has 26 heavy (non-hydrogen) atoms. The van der Waals surface area contributed by atoms with Crippen molar-refractivity contribution in [1.29, 1.82) is 0 Å². The smallest absolute Gasteiger partial charge is 0.315 e. The summed E-state index contributed by atoms with van der Waals surface area (Å²) in [6.45, 7) is -0.338. The SMILES string of the molecule is O=C(CNC(=O)NCCOc1ccc(F)cc1F)Nc1cccc(F)c1. The number of halogens is 3. The number of rotatable bonds is 7. The largest absolute Gasteiger partial charge is 0.489 e. The number of carbonyl (C=O) groups excluding carboxylic acids is 2. The van der Waals surface area contributed by atoms with Crippen molar-refractivity contribution in [2.75, 3.05) is 25.0 Å². The normalized spacial score (nSPS) is 10.1. The molecule has 3 N–H and O–H groups in total. The molecular weight excluding hydrogens is 351 g/mol. The van der Waals surface area contributed by atoms with Crippen LogP contribution in [0.4, 0.5) is 23.7 Å². The molecule has 0 aliphatic carbocycles. The average molecular weight is 367 g/mol. The third-order valence-electron chi connectivity index (χ3n) is 3.06. The zero-order chi connectivity index (χ0) is 18.9. The number of urea groups is 1. The molecule has 138 valence electrons. The van der Waals surface area contributed by atoms with Crippen molar-refractivity contribution >= 4 is 17.6 Å². The van der Waals surface area contributed by atoms with Crippen LogP contribution in [0, 0.1) is 17.5 Å². The minimum Gasteiger partial charge on any atom is -0.489 e. The second-order valence-electron chi connectivity index (χ2n) is 5.09. The predicted octanol–water partition coefficient (Wildman–Crippen LogP) is 2.42. The average Bonchev–Trinajstić information content (AvgIpc) is 2.58. The van der Waals surface area contributed by atoms with Crippen LogP contribution in [0.3, 0.4) is 0 Å². The lowest BCUT2D eigenvalue weighted by atomic mass is 10.3. The van der Waals surface area contributed by atoms with Gasteiger partial charge in [0, 0.05) is 11.8 Å². The van der Waals surface area contributed by atoms with Gasteiger partial charge in [0.1, 0.15) is 18.2 Å². The number of hydrogen-bond donors (Lipinski definition) is 3. The van der Waals surface area contributed by atoms with Gasteiger partial charge in [-0.3, -0.25) is 4.79 Å². The Balaban J connectivity index is 1.63. The predicted molar refractivity (Wildman–Crippen MR) is 88.3 cm³/mol. The van der Waals surface area contributed by atoms with Gasteiger partial charge in [0.15, 0.2) is 11.6 Å². The molecule has 0 saturated heterocycles. The Kier molecular flexibility index (Phi) is 6.84. The van der Waals surface area contributed by atoms with Gasteiger partial charge in [-0.05, 0) is 30.3 Å². The zero-order valence-corrected chi connectivity index (χ0v) is 13.5. The minimum atomic E-state index is -0.844. The second-order valence-corrected chi connectivity index (χ2v) is 5.09. The van der Waals surface area contributed by atoms with Crippen molar-refractivity contribution in [3.63, 3.8) is 0 Å². The second kappa shape index (κ2) is 9.30. The number of ether oxygens (including phenoxy) is 1. The molecule has 9 heteroatoms. The number of anilines is 1. The first-order valence-corrected chi connectivity index (χ1v) is 7.59. The highest BCUT2D eigenvalue weighted by atomic mass is 19.1. The molecule has 2 rings (SSSR count). The highest BCUT2D eigenvalue weighted by Gasteiger charge is 2.07. The molecule has 0 heterocycles. The molecule has 0 unspecified atom stereocenters. The lowest BCUT2D eigenvalue weighted by Gasteiger charge is -2.10. The monoisotopic (exact) mass is 367 g/mol. The van der Waals surface area contributed by atoms with E-state index in [2.05, 4.69) is 16.0 Å². The van der Waals surface area contributed by atoms with Crippen LogP contribution >= 0.6 is 0 Å². The molecule has 0 aromatic heterocycles. The molecule has 6 nitrogen and oxygen atoms in total. The molecule has 2 aromatic rings. The summed E-state index contributed by atoms with van der Waals surface area (Å²) in [6.07, 6.45) is 0. The van der Waals surface area contributed by atoms with Gasteiger partial charge in [-0.15, -0.1) is 0 Å². The molecule has 0 atom stereocenters. The molecule has 0 saturated carbocycles. The number of benzene rings is 2. The van der Waals surface area contributed by atoms with Gasteiger partial charge in [0.05, 0.1) is 13.1 Å². The highest BCUT2D eigenvalue weighted by Crippen LogP contribution is 2.17. The van der Waals surface area contributed by atoms with Gasteiger partial charge in [0.25, 0.3) is 0 Å². The van der Waals surface area contributed by atoms with E-state index in [0.29, 0.717) is 6.07 Å². The van der Waals surface area contributed by atoms with E-state index in [0.717, 1.165) is 18.2 Å². The van der Waals surface area contributed by atoms with Crippen LogP contribution in [-0.4, -0.2) is 31.6 Å². The molecule has 0 spiro atoms. The molecule has 0 aliphatic heterocycles. The van der Waals surface area contributed by atoms with Crippen LogP contribution in [0.2, 0.25) is 0 Å². The van der Waals surface area contributed by atoms with Gasteiger partial charge in [-0.2, -0.15) is 0 Å². The summed E-state index contributed by atoms with van der Waals surface area (Å²) in [5.74, 6) is -2.73. The standard InChI is InChI=1S/C17H16F3N3O3/c18-11-2-1-3-13(8-11)23-16(24)10-22-17(25)21-6-7-26-15-5-4-12(19)9-14(15)20/h1-5,8-9H,6-7,10H2,(H,23,24)(H2,21,22,25). The van der Waals surface area contributed by atoms with Crippen molar-refractivity contribution in [2.24, 2.45) is 0 Å². The van der Waals surface area contributed by atoms with Gasteiger partial charge in [0.2, 0.25) is 5.91 Å². The Bertz CT molecular complexity index is 787. The Morgan fingerprint density at radius 3 is 2.46 bits per heavy atom. The fourth-order valence-corrected chi connectivity index (χ4v) is 1.91. The summed E-state index contributed by atoms with van der Waals surface area (Å²) in [7, 11) is 0.